The maximum absolute atomic E-state index is 12.8. The van der Waals surface area contributed by atoms with E-state index in [1.54, 1.807) is 12.1 Å². The molecular weight excluding hydrogens is 374 g/mol. The van der Waals surface area contributed by atoms with Crippen molar-refractivity contribution < 1.29 is 13.2 Å². The predicted molar refractivity (Wildman–Crippen MR) is 108 cm³/mol. The molecule has 3 heterocycles. The molecule has 6 nitrogen and oxygen atoms in total. The van der Waals surface area contributed by atoms with Crippen LogP contribution >= 0.6 is 0 Å². The Kier molecular flexibility index (Phi) is 5.76. The van der Waals surface area contributed by atoms with E-state index in [4.69, 9.17) is 0 Å². The summed E-state index contributed by atoms with van der Waals surface area (Å²) in [7, 11) is -3.47. The van der Waals surface area contributed by atoms with Crippen LogP contribution in [0.4, 0.5) is 0 Å². The third-order valence-corrected chi connectivity index (χ3v) is 8.58. The van der Waals surface area contributed by atoms with Gasteiger partial charge in [0.25, 0.3) is 0 Å². The van der Waals surface area contributed by atoms with E-state index in [2.05, 4.69) is 10.2 Å². The van der Waals surface area contributed by atoms with Gasteiger partial charge in [-0.2, -0.15) is 4.31 Å². The highest BCUT2D eigenvalue weighted by molar-refractivity contribution is 7.89. The van der Waals surface area contributed by atoms with Gasteiger partial charge in [0.05, 0.1) is 4.90 Å². The van der Waals surface area contributed by atoms with Gasteiger partial charge in [-0.1, -0.05) is 24.1 Å². The van der Waals surface area contributed by atoms with E-state index in [-0.39, 0.29) is 17.9 Å². The summed E-state index contributed by atoms with van der Waals surface area (Å²) in [4.78, 5) is 15.7. The van der Waals surface area contributed by atoms with Gasteiger partial charge in [-0.25, -0.2) is 8.42 Å². The molecule has 0 aliphatic carbocycles. The van der Waals surface area contributed by atoms with Crippen LogP contribution in [0.25, 0.3) is 0 Å². The highest BCUT2D eigenvalue weighted by Gasteiger charge is 2.38. The third kappa shape index (κ3) is 3.98. The highest BCUT2D eigenvalue weighted by atomic mass is 32.2. The molecule has 0 bridgehead atoms. The largest absolute Gasteiger partial charge is 0.352 e. The van der Waals surface area contributed by atoms with Crippen molar-refractivity contribution in [1.29, 1.82) is 0 Å². The van der Waals surface area contributed by atoms with Gasteiger partial charge in [-0.15, -0.1) is 0 Å². The van der Waals surface area contributed by atoms with Crippen molar-refractivity contribution in [2.45, 2.75) is 62.4 Å². The third-order valence-electron chi connectivity index (χ3n) is 6.67. The van der Waals surface area contributed by atoms with Crippen LogP contribution in [0.1, 0.15) is 44.1 Å². The molecule has 0 aromatic heterocycles. The molecule has 0 unspecified atom stereocenters. The Morgan fingerprint density at radius 2 is 1.68 bits per heavy atom. The van der Waals surface area contributed by atoms with E-state index in [0.29, 0.717) is 36.9 Å². The standard InChI is InChI=1S/C21H31N3O3S/c1-16-5-7-18(8-6-16)28(26,27)24-14-9-17(10-15-24)21(25)22-19-11-13-23-12-3-2-4-20(19)23/h5-8,17,19-20H,2-4,9-15H2,1H3,(H,22,25)/t19-,20-/m1/s1. The number of aryl methyl sites for hydroxylation is 1. The molecule has 3 fully saturated rings. The van der Waals surface area contributed by atoms with Crippen molar-refractivity contribution in [2.24, 2.45) is 5.92 Å². The second-order valence-electron chi connectivity index (χ2n) is 8.49. The number of nitrogens with one attached hydrogen (secondary N) is 1. The second-order valence-corrected chi connectivity index (χ2v) is 10.4. The first-order valence-electron chi connectivity index (χ1n) is 10.6. The normalized spacial score (nSPS) is 27.5. The summed E-state index contributed by atoms with van der Waals surface area (Å²) in [6, 6.07) is 7.74. The molecule has 2 atom stereocenters. The number of benzene rings is 1. The van der Waals surface area contributed by atoms with Gasteiger partial charge < -0.3 is 5.32 Å². The molecule has 0 spiro atoms. The Bertz CT molecular complexity index is 801. The van der Waals surface area contributed by atoms with E-state index in [1.165, 1.54) is 23.6 Å². The Labute approximate surface area is 168 Å². The number of carbonyl (C=O) groups is 1. The fourth-order valence-corrected chi connectivity index (χ4v) is 6.40. The van der Waals surface area contributed by atoms with Crippen molar-refractivity contribution in [3.8, 4) is 0 Å². The Morgan fingerprint density at radius 1 is 0.964 bits per heavy atom. The summed E-state index contributed by atoms with van der Waals surface area (Å²) in [6.07, 6.45) is 5.93. The molecule has 1 amide bonds. The van der Waals surface area contributed by atoms with E-state index < -0.39 is 10.0 Å². The number of fused-ring (bicyclic) bond motifs is 1. The zero-order chi connectivity index (χ0) is 19.7. The highest BCUT2D eigenvalue weighted by Crippen LogP contribution is 2.29. The number of hydrogen-bond acceptors (Lipinski definition) is 4. The predicted octanol–water partition coefficient (Wildman–Crippen LogP) is 2.14. The first kappa shape index (κ1) is 19.9. The van der Waals surface area contributed by atoms with Gasteiger partial charge in [0.1, 0.15) is 0 Å². The Morgan fingerprint density at radius 3 is 2.39 bits per heavy atom. The van der Waals surface area contributed by atoms with Crippen molar-refractivity contribution >= 4 is 15.9 Å². The van der Waals surface area contributed by atoms with Crippen LogP contribution < -0.4 is 5.32 Å². The zero-order valence-corrected chi connectivity index (χ0v) is 17.5. The van der Waals surface area contributed by atoms with Crippen molar-refractivity contribution in [2.75, 3.05) is 26.2 Å². The molecule has 3 aliphatic rings. The van der Waals surface area contributed by atoms with Crippen molar-refractivity contribution in [3.63, 3.8) is 0 Å². The van der Waals surface area contributed by atoms with Crippen LogP contribution in [0.2, 0.25) is 0 Å². The maximum Gasteiger partial charge on any atom is 0.243 e. The topological polar surface area (TPSA) is 69.7 Å². The first-order chi connectivity index (χ1) is 13.4. The SMILES string of the molecule is Cc1ccc(S(=O)(=O)N2CCC(C(=O)N[C@@H]3CCN4CCCC[C@H]34)CC2)cc1. The van der Waals surface area contributed by atoms with E-state index in [1.807, 2.05) is 19.1 Å². The Hall–Kier alpha value is -1.44. The van der Waals surface area contributed by atoms with Crippen LogP contribution in [0.15, 0.2) is 29.2 Å². The summed E-state index contributed by atoms with van der Waals surface area (Å²) in [5.74, 6) is 0.0342. The molecule has 28 heavy (non-hydrogen) atoms. The summed E-state index contributed by atoms with van der Waals surface area (Å²) in [5, 5.41) is 3.29. The summed E-state index contributed by atoms with van der Waals surface area (Å²) in [6.45, 7) is 5.01. The fraction of sp³-hybridized carbons (Fsp3) is 0.667. The number of nitrogens with zero attached hydrogens (tertiary/aromatic N) is 2. The van der Waals surface area contributed by atoms with E-state index >= 15 is 0 Å². The van der Waals surface area contributed by atoms with Crippen LogP contribution in [0.3, 0.4) is 0 Å². The molecule has 154 valence electrons. The van der Waals surface area contributed by atoms with Crippen molar-refractivity contribution in [3.05, 3.63) is 29.8 Å². The summed E-state index contributed by atoms with van der Waals surface area (Å²) in [5.41, 5.74) is 1.04. The molecule has 0 radical (unpaired) electrons. The molecule has 1 aromatic rings. The monoisotopic (exact) mass is 405 g/mol. The van der Waals surface area contributed by atoms with Crippen molar-refractivity contribution in [1.82, 2.24) is 14.5 Å². The molecule has 4 rings (SSSR count). The second kappa shape index (κ2) is 8.13. The first-order valence-corrected chi connectivity index (χ1v) is 12.0. The molecule has 1 aromatic carbocycles. The van der Waals surface area contributed by atoms with Crippen LogP contribution in [0.5, 0.6) is 0 Å². The maximum atomic E-state index is 12.8. The lowest BCUT2D eigenvalue weighted by atomic mass is 9.95. The van der Waals surface area contributed by atoms with Crippen LogP contribution in [-0.2, 0) is 14.8 Å². The van der Waals surface area contributed by atoms with Gasteiger partial charge >= 0.3 is 0 Å². The molecule has 3 saturated heterocycles. The zero-order valence-electron chi connectivity index (χ0n) is 16.6. The summed E-state index contributed by atoms with van der Waals surface area (Å²) >= 11 is 0. The van der Waals surface area contributed by atoms with Gasteiger partial charge in [-0.3, -0.25) is 9.69 Å². The molecule has 0 saturated carbocycles. The molecule has 1 N–H and O–H groups in total. The van der Waals surface area contributed by atoms with Crippen LogP contribution in [-0.4, -0.2) is 61.8 Å². The number of piperidine rings is 2. The van der Waals surface area contributed by atoms with Gasteiger partial charge in [0, 0.05) is 37.6 Å². The number of carbonyl (C=O) groups excluding carboxylic acids is 1. The fourth-order valence-electron chi connectivity index (χ4n) is 4.93. The van der Waals surface area contributed by atoms with Gasteiger partial charge in [0.2, 0.25) is 15.9 Å². The summed E-state index contributed by atoms with van der Waals surface area (Å²) < 4.78 is 27.2. The average Bonchev–Trinajstić information content (AvgIpc) is 3.11. The number of amides is 1. The average molecular weight is 406 g/mol. The molecule has 3 aliphatic heterocycles. The minimum atomic E-state index is -3.47. The Balaban J connectivity index is 1.32. The van der Waals surface area contributed by atoms with Gasteiger partial charge in [0.15, 0.2) is 0 Å². The van der Waals surface area contributed by atoms with E-state index in [0.717, 1.165) is 25.1 Å². The minimum absolute atomic E-state index is 0.0814. The molecule has 7 heteroatoms. The quantitative estimate of drug-likeness (QED) is 0.833. The lowest BCUT2D eigenvalue weighted by Gasteiger charge is -2.34. The van der Waals surface area contributed by atoms with Gasteiger partial charge in [-0.05, 0) is 57.7 Å². The lowest BCUT2D eigenvalue weighted by Crippen LogP contribution is -2.50. The lowest BCUT2D eigenvalue weighted by molar-refractivity contribution is -0.127. The smallest absolute Gasteiger partial charge is 0.243 e. The minimum Gasteiger partial charge on any atom is -0.352 e. The molecular formula is C21H31N3O3S. The van der Waals surface area contributed by atoms with E-state index in [9.17, 15) is 13.2 Å². The number of sulfonamides is 1. The number of rotatable bonds is 4. The van der Waals surface area contributed by atoms with Crippen LogP contribution in [0, 0.1) is 12.8 Å². The number of hydrogen-bond donors (Lipinski definition) is 1.